The van der Waals surface area contributed by atoms with Crippen LogP contribution in [0.2, 0.25) is 0 Å². The summed E-state index contributed by atoms with van der Waals surface area (Å²) in [7, 11) is 0. The smallest absolute Gasteiger partial charge is 0.287 e. The molecule has 14 heteroatoms. The van der Waals surface area contributed by atoms with Crippen molar-refractivity contribution in [1.82, 2.24) is 34.1 Å². The Morgan fingerprint density at radius 3 is 2.60 bits per heavy atom. The van der Waals surface area contributed by atoms with E-state index in [1.54, 1.807) is 10.8 Å². The van der Waals surface area contributed by atoms with E-state index in [0.29, 0.717) is 18.0 Å². The van der Waals surface area contributed by atoms with Crippen molar-refractivity contribution in [3.63, 3.8) is 0 Å². The summed E-state index contributed by atoms with van der Waals surface area (Å²) in [4.78, 5) is 27.4. The van der Waals surface area contributed by atoms with E-state index in [0.717, 1.165) is 67.7 Å². The van der Waals surface area contributed by atoms with Crippen molar-refractivity contribution in [2.45, 2.75) is 19.3 Å². The number of H-pyrrole nitrogens is 1. The Bertz CT molecular complexity index is 1390. The molecule has 0 bridgehead atoms. The lowest BCUT2D eigenvalue weighted by Gasteiger charge is -2.21. The molecule has 0 saturated heterocycles. The van der Waals surface area contributed by atoms with Gasteiger partial charge in [0.15, 0.2) is 11.2 Å². The van der Waals surface area contributed by atoms with Crippen LogP contribution >= 0.6 is 25.3 Å². The maximum absolute atomic E-state index is 13.0. The number of hydrogen-bond acceptors (Lipinski definition) is 11. The van der Waals surface area contributed by atoms with Crippen molar-refractivity contribution >= 4 is 42.2 Å². The van der Waals surface area contributed by atoms with Crippen LogP contribution in [-0.2, 0) is 11.5 Å². The summed E-state index contributed by atoms with van der Waals surface area (Å²) < 4.78 is 14.4. The second-order valence-corrected chi connectivity index (χ2v) is 10.1. The standard InChI is InChI=1S/C26H37N7O5S2/c34-15-21(16-35)38-18-32-17-28-23-24(32)30-26-29-22(14-33(26)25(23)36)19-2-4-20(5-3-19)37-11-1-8-31(10-13-40)9-6-27-7-12-39/h2-5,14,17,21,27,34-35,39-40H,1,6-13,15-16,18H2,(H,29,30). The molecule has 0 atom stereocenters. The van der Waals surface area contributed by atoms with Gasteiger partial charge in [0.1, 0.15) is 18.6 Å². The van der Waals surface area contributed by atoms with Crippen molar-refractivity contribution in [2.75, 3.05) is 64.1 Å². The molecule has 40 heavy (non-hydrogen) atoms. The molecule has 4 aromatic rings. The number of fused-ring (bicyclic) bond motifs is 2. The summed E-state index contributed by atoms with van der Waals surface area (Å²) >= 11 is 8.59. The molecule has 0 unspecified atom stereocenters. The molecule has 0 amide bonds. The van der Waals surface area contributed by atoms with Crippen LogP contribution in [0, 0.1) is 0 Å². The van der Waals surface area contributed by atoms with Crippen LogP contribution in [0.1, 0.15) is 6.42 Å². The quantitative estimate of drug-likeness (QED) is 0.0735. The fourth-order valence-corrected chi connectivity index (χ4v) is 4.66. The van der Waals surface area contributed by atoms with E-state index in [9.17, 15) is 15.0 Å². The van der Waals surface area contributed by atoms with E-state index in [1.165, 1.54) is 10.7 Å². The van der Waals surface area contributed by atoms with Gasteiger partial charge in [-0.15, -0.1) is 0 Å². The van der Waals surface area contributed by atoms with Crippen molar-refractivity contribution in [3.8, 4) is 17.0 Å². The van der Waals surface area contributed by atoms with Gasteiger partial charge in [-0.1, -0.05) is 0 Å². The first-order valence-corrected chi connectivity index (χ1v) is 14.5. The minimum Gasteiger partial charge on any atom is -0.494 e. The number of nitrogens with zero attached hydrogens (tertiary/aromatic N) is 5. The number of aliphatic hydroxyl groups excluding tert-OH is 2. The molecular weight excluding hydrogens is 554 g/mol. The van der Waals surface area contributed by atoms with Crippen molar-refractivity contribution in [3.05, 3.63) is 47.1 Å². The van der Waals surface area contributed by atoms with Crippen LogP contribution in [-0.4, -0.2) is 109 Å². The predicted molar refractivity (Wildman–Crippen MR) is 161 cm³/mol. The summed E-state index contributed by atoms with van der Waals surface area (Å²) in [6, 6.07) is 7.68. The molecule has 12 nitrogen and oxygen atoms in total. The first-order valence-electron chi connectivity index (χ1n) is 13.3. The third-order valence-electron chi connectivity index (χ3n) is 6.40. The van der Waals surface area contributed by atoms with Gasteiger partial charge in [-0.05, 0) is 36.2 Å². The summed E-state index contributed by atoms with van der Waals surface area (Å²) in [6.07, 6.45) is 3.33. The molecule has 0 aliphatic rings. The van der Waals surface area contributed by atoms with E-state index in [2.05, 4.69) is 50.4 Å². The Labute approximate surface area is 243 Å². The molecule has 4 rings (SSSR count). The molecule has 3 aromatic heterocycles. The molecule has 0 radical (unpaired) electrons. The van der Waals surface area contributed by atoms with Crippen LogP contribution in [0.5, 0.6) is 5.75 Å². The normalized spacial score (nSPS) is 11.9. The molecule has 218 valence electrons. The minimum absolute atomic E-state index is 0.0131. The molecule has 0 aliphatic heterocycles. The van der Waals surface area contributed by atoms with Gasteiger partial charge in [0.2, 0.25) is 5.78 Å². The molecule has 0 saturated carbocycles. The summed E-state index contributed by atoms with van der Waals surface area (Å²) in [5.41, 5.74) is 1.83. The van der Waals surface area contributed by atoms with Gasteiger partial charge < -0.3 is 34.9 Å². The number of thiol groups is 2. The number of imidazole rings is 2. The molecule has 3 heterocycles. The van der Waals surface area contributed by atoms with Crippen molar-refractivity contribution < 1.29 is 19.7 Å². The Balaban J connectivity index is 1.37. The van der Waals surface area contributed by atoms with Crippen LogP contribution in [0.4, 0.5) is 0 Å². The zero-order valence-electron chi connectivity index (χ0n) is 22.3. The van der Waals surface area contributed by atoms with Gasteiger partial charge in [-0.25, -0.2) is 9.38 Å². The van der Waals surface area contributed by atoms with Gasteiger partial charge >= 0.3 is 0 Å². The minimum atomic E-state index is -0.727. The second-order valence-electron chi connectivity index (χ2n) is 9.21. The Kier molecular flexibility index (Phi) is 11.7. The van der Waals surface area contributed by atoms with Gasteiger partial charge in [-0.2, -0.15) is 30.2 Å². The molecule has 1 aromatic carbocycles. The number of hydrogen-bond donors (Lipinski definition) is 6. The van der Waals surface area contributed by atoms with Gasteiger partial charge in [0.05, 0.1) is 31.8 Å². The third kappa shape index (κ3) is 7.78. The molecule has 0 fully saturated rings. The number of aliphatic hydroxyl groups is 2. The monoisotopic (exact) mass is 591 g/mol. The zero-order valence-corrected chi connectivity index (χ0v) is 24.1. The fourth-order valence-electron chi connectivity index (χ4n) is 4.22. The summed E-state index contributed by atoms with van der Waals surface area (Å²) in [6.45, 7) is 4.66. The van der Waals surface area contributed by atoms with Crippen molar-refractivity contribution in [1.29, 1.82) is 0 Å². The average Bonchev–Trinajstić information content (AvgIpc) is 3.59. The van der Waals surface area contributed by atoms with E-state index >= 15 is 0 Å². The molecule has 0 aliphatic carbocycles. The predicted octanol–water partition coefficient (Wildman–Crippen LogP) is 0.887. The maximum Gasteiger partial charge on any atom is 0.287 e. The van der Waals surface area contributed by atoms with E-state index in [1.807, 2.05) is 24.3 Å². The first kappa shape index (κ1) is 30.4. The highest BCUT2D eigenvalue weighted by Gasteiger charge is 2.15. The largest absolute Gasteiger partial charge is 0.494 e. The summed E-state index contributed by atoms with van der Waals surface area (Å²) in [5, 5.41) is 21.8. The third-order valence-corrected chi connectivity index (χ3v) is 6.82. The lowest BCUT2D eigenvalue weighted by Crippen LogP contribution is -2.35. The number of aromatic nitrogens is 5. The molecular formula is C26H37N7O5S2. The fraction of sp³-hybridized carbons (Fsp3) is 0.500. The average molecular weight is 592 g/mol. The first-order chi connectivity index (χ1) is 19.6. The number of aromatic amines is 1. The number of benzene rings is 1. The number of ether oxygens (including phenoxy) is 2. The Hall–Kier alpha value is -2.59. The Morgan fingerprint density at radius 1 is 1.07 bits per heavy atom. The summed E-state index contributed by atoms with van der Waals surface area (Å²) in [5.74, 6) is 2.80. The van der Waals surface area contributed by atoms with E-state index in [-0.39, 0.29) is 31.0 Å². The topological polar surface area (TPSA) is 142 Å². The number of rotatable bonds is 18. The lowest BCUT2D eigenvalue weighted by molar-refractivity contribution is -0.0488. The Morgan fingerprint density at radius 2 is 1.88 bits per heavy atom. The van der Waals surface area contributed by atoms with Crippen LogP contribution in [0.3, 0.4) is 0 Å². The van der Waals surface area contributed by atoms with Crippen LogP contribution in [0.25, 0.3) is 28.2 Å². The van der Waals surface area contributed by atoms with Crippen LogP contribution in [0.15, 0.2) is 41.6 Å². The van der Waals surface area contributed by atoms with Gasteiger partial charge in [-0.3, -0.25) is 9.36 Å². The highest BCUT2D eigenvalue weighted by atomic mass is 32.1. The van der Waals surface area contributed by atoms with Gasteiger partial charge in [0.25, 0.3) is 5.56 Å². The zero-order chi connectivity index (χ0) is 28.3. The van der Waals surface area contributed by atoms with Gasteiger partial charge in [0, 0.05) is 50.4 Å². The molecule has 4 N–H and O–H groups in total. The van der Waals surface area contributed by atoms with Crippen molar-refractivity contribution in [2.24, 2.45) is 0 Å². The molecule has 0 spiro atoms. The highest BCUT2D eigenvalue weighted by Crippen LogP contribution is 2.22. The van der Waals surface area contributed by atoms with E-state index in [4.69, 9.17) is 9.47 Å². The maximum atomic E-state index is 13.0. The number of nitrogens with one attached hydrogen (secondary N) is 2. The SMILES string of the molecule is O=c1c2ncn(COC(CO)CO)c2nc2[nH]c(-c3ccc(OCCCN(CCS)CCNCCS)cc3)cn12. The second kappa shape index (κ2) is 15.4. The highest BCUT2D eigenvalue weighted by molar-refractivity contribution is 7.80. The van der Waals surface area contributed by atoms with E-state index < -0.39 is 6.10 Å². The lowest BCUT2D eigenvalue weighted by atomic mass is 10.2. The van der Waals surface area contributed by atoms with Crippen LogP contribution < -0.4 is 15.6 Å².